The van der Waals surface area contributed by atoms with Gasteiger partial charge in [0.25, 0.3) is 0 Å². The highest BCUT2D eigenvalue weighted by molar-refractivity contribution is 8.00. The Bertz CT molecular complexity index is 1220. The number of morpholine rings is 1. The van der Waals surface area contributed by atoms with Gasteiger partial charge in [0.15, 0.2) is 0 Å². The number of carbonyl (C=O) groups is 2. The number of anilines is 1. The van der Waals surface area contributed by atoms with Crippen LogP contribution in [0.1, 0.15) is 31.7 Å². The molecule has 9 nitrogen and oxygen atoms in total. The van der Waals surface area contributed by atoms with Gasteiger partial charge in [-0.15, -0.1) is 11.8 Å². The molecule has 2 aliphatic heterocycles. The third-order valence-electron chi connectivity index (χ3n) is 6.83. The predicted octanol–water partition coefficient (Wildman–Crippen LogP) is 2.95. The Balaban J connectivity index is 1.34. The topological polar surface area (TPSA) is 99.3 Å². The Kier molecular flexibility index (Phi) is 10.8. The van der Waals surface area contributed by atoms with Crippen LogP contribution in [0.4, 0.5) is 5.69 Å². The average molecular weight is 575 g/mol. The zero-order chi connectivity index (χ0) is 27.7. The van der Waals surface area contributed by atoms with Crippen molar-refractivity contribution in [1.29, 1.82) is 0 Å². The molecule has 0 atom stereocenters. The number of nitrogens with one attached hydrogen (secondary N) is 1. The van der Waals surface area contributed by atoms with E-state index in [9.17, 15) is 18.0 Å². The standard InChI is InChI=1S/C28H38N4O5S2/c1-2-3-13-30(20-23-8-5-4-6-9-23)14-7-12-29-27(33)21-32-25-19-24(10-11-26(25)38-22-28(32)34)39(35,36)31-15-17-37-18-16-31/h4-6,8-11,19H,2-3,7,12-18,20-22H2,1H3,(H,29,33). The van der Waals surface area contributed by atoms with Crippen LogP contribution in [0.15, 0.2) is 58.3 Å². The van der Waals surface area contributed by atoms with Crippen molar-refractivity contribution in [3.8, 4) is 0 Å². The minimum atomic E-state index is -3.72. The van der Waals surface area contributed by atoms with Gasteiger partial charge in [0.1, 0.15) is 6.54 Å². The summed E-state index contributed by atoms with van der Waals surface area (Å²) in [6.07, 6.45) is 3.04. The predicted molar refractivity (Wildman–Crippen MR) is 153 cm³/mol. The molecule has 39 heavy (non-hydrogen) atoms. The highest BCUT2D eigenvalue weighted by Gasteiger charge is 2.31. The number of thioether (sulfide) groups is 1. The second kappa shape index (κ2) is 14.3. The van der Waals surface area contributed by atoms with Crippen molar-refractivity contribution in [2.45, 2.75) is 42.5 Å². The second-order valence-corrected chi connectivity index (χ2v) is 12.7. The summed E-state index contributed by atoms with van der Waals surface area (Å²) in [5.41, 5.74) is 1.74. The number of hydrogen-bond acceptors (Lipinski definition) is 7. The molecule has 2 amide bonds. The maximum Gasteiger partial charge on any atom is 0.243 e. The number of sulfonamides is 1. The number of nitrogens with zero attached hydrogens (tertiary/aromatic N) is 3. The van der Waals surface area contributed by atoms with Crippen molar-refractivity contribution in [1.82, 2.24) is 14.5 Å². The van der Waals surface area contributed by atoms with Gasteiger partial charge in [-0.3, -0.25) is 14.5 Å². The fraction of sp³-hybridized carbons (Fsp3) is 0.500. The van der Waals surface area contributed by atoms with Crippen molar-refractivity contribution in [3.05, 3.63) is 54.1 Å². The molecule has 4 rings (SSSR count). The summed E-state index contributed by atoms with van der Waals surface area (Å²) in [5.74, 6) is -0.259. The van der Waals surface area contributed by atoms with E-state index in [1.54, 1.807) is 12.1 Å². The normalized spacial score (nSPS) is 16.4. The molecule has 2 aromatic carbocycles. The lowest BCUT2D eigenvalue weighted by molar-refractivity contribution is -0.123. The van der Waals surface area contributed by atoms with Crippen LogP contribution in [0.3, 0.4) is 0 Å². The van der Waals surface area contributed by atoms with Gasteiger partial charge in [0.05, 0.1) is 29.5 Å². The smallest absolute Gasteiger partial charge is 0.243 e. The zero-order valence-electron chi connectivity index (χ0n) is 22.5. The summed E-state index contributed by atoms with van der Waals surface area (Å²) in [7, 11) is -3.72. The van der Waals surface area contributed by atoms with E-state index in [0.29, 0.717) is 38.5 Å². The molecule has 212 valence electrons. The van der Waals surface area contributed by atoms with Gasteiger partial charge in [-0.2, -0.15) is 4.31 Å². The lowest BCUT2D eigenvalue weighted by atomic mass is 10.2. The van der Waals surface area contributed by atoms with Crippen LogP contribution in [-0.4, -0.2) is 87.7 Å². The van der Waals surface area contributed by atoms with Crippen LogP contribution in [0.5, 0.6) is 0 Å². The molecule has 2 aromatic rings. The van der Waals surface area contributed by atoms with E-state index in [2.05, 4.69) is 29.3 Å². The average Bonchev–Trinajstić information content (AvgIpc) is 2.96. The first-order valence-corrected chi connectivity index (χ1v) is 16.0. The Morgan fingerprint density at radius 2 is 1.82 bits per heavy atom. The fourth-order valence-corrected chi connectivity index (χ4v) is 7.02. The van der Waals surface area contributed by atoms with E-state index >= 15 is 0 Å². The minimum absolute atomic E-state index is 0.120. The quantitative estimate of drug-likeness (QED) is 0.367. The molecular formula is C28H38N4O5S2. The summed E-state index contributed by atoms with van der Waals surface area (Å²) in [5, 5.41) is 2.95. The molecule has 0 saturated carbocycles. The number of unbranched alkanes of at least 4 members (excludes halogenated alkanes) is 1. The van der Waals surface area contributed by atoms with Crippen molar-refractivity contribution >= 4 is 39.3 Å². The Morgan fingerprint density at radius 3 is 2.56 bits per heavy atom. The molecule has 0 radical (unpaired) electrons. The fourth-order valence-electron chi connectivity index (χ4n) is 4.67. The molecule has 1 N–H and O–H groups in total. The number of benzene rings is 2. The first-order chi connectivity index (χ1) is 18.9. The van der Waals surface area contributed by atoms with Crippen LogP contribution < -0.4 is 10.2 Å². The number of ether oxygens (including phenoxy) is 1. The molecule has 2 heterocycles. The third-order valence-corrected chi connectivity index (χ3v) is 9.78. The lowest BCUT2D eigenvalue weighted by Gasteiger charge is -2.30. The van der Waals surface area contributed by atoms with Gasteiger partial charge in [-0.25, -0.2) is 8.42 Å². The van der Waals surface area contributed by atoms with Crippen molar-refractivity contribution in [2.24, 2.45) is 0 Å². The SMILES string of the molecule is CCCCN(CCCNC(=O)CN1C(=O)CSc2ccc(S(=O)(=O)N3CCOCC3)cc21)Cc1ccccc1. The molecule has 2 aliphatic rings. The summed E-state index contributed by atoms with van der Waals surface area (Å²) in [4.78, 5) is 30.3. The molecular weight excluding hydrogens is 536 g/mol. The third kappa shape index (κ3) is 8.04. The Hall–Kier alpha value is -2.44. The molecule has 0 aliphatic carbocycles. The van der Waals surface area contributed by atoms with Gasteiger partial charge in [-0.05, 0) is 43.1 Å². The van der Waals surface area contributed by atoms with E-state index in [1.807, 2.05) is 18.2 Å². The molecule has 11 heteroatoms. The number of hydrogen-bond donors (Lipinski definition) is 1. The molecule has 0 bridgehead atoms. The summed E-state index contributed by atoms with van der Waals surface area (Å²) in [6.45, 7) is 6.58. The van der Waals surface area contributed by atoms with E-state index < -0.39 is 10.0 Å². The van der Waals surface area contributed by atoms with Crippen molar-refractivity contribution in [3.63, 3.8) is 0 Å². The van der Waals surface area contributed by atoms with Crippen molar-refractivity contribution < 1.29 is 22.7 Å². The maximum atomic E-state index is 13.2. The molecule has 0 aromatic heterocycles. The number of carbonyl (C=O) groups excluding carboxylic acids is 2. The van der Waals surface area contributed by atoms with E-state index in [-0.39, 0.29) is 29.0 Å². The van der Waals surface area contributed by atoms with Gasteiger partial charge in [-0.1, -0.05) is 43.7 Å². The Labute approximate surface area is 235 Å². The molecule has 1 fully saturated rings. The summed E-state index contributed by atoms with van der Waals surface area (Å²) in [6, 6.07) is 15.2. The van der Waals surface area contributed by atoms with Gasteiger partial charge >= 0.3 is 0 Å². The molecule has 0 unspecified atom stereocenters. The summed E-state index contributed by atoms with van der Waals surface area (Å²) < 4.78 is 33.0. The maximum absolute atomic E-state index is 13.2. The van der Waals surface area contributed by atoms with Gasteiger partial charge in [0.2, 0.25) is 21.8 Å². The van der Waals surface area contributed by atoms with Crippen LogP contribution in [-0.2, 0) is 30.9 Å². The number of fused-ring (bicyclic) bond motifs is 1. The van der Waals surface area contributed by atoms with Crippen LogP contribution in [0, 0.1) is 0 Å². The van der Waals surface area contributed by atoms with Crippen LogP contribution in [0.25, 0.3) is 0 Å². The molecule has 1 saturated heterocycles. The Morgan fingerprint density at radius 1 is 1.08 bits per heavy atom. The first-order valence-electron chi connectivity index (χ1n) is 13.6. The number of rotatable bonds is 13. The molecule has 0 spiro atoms. The monoisotopic (exact) mass is 574 g/mol. The van der Waals surface area contributed by atoms with Gasteiger partial charge < -0.3 is 15.0 Å². The summed E-state index contributed by atoms with van der Waals surface area (Å²) >= 11 is 1.36. The van der Waals surface area contributed by atoms with Crippen LogP contribution in [0.2, 0.25) is 0 Å². The first kappa shape index (κ1) is 29.5. The highest BCUT2D eigenvalue weighted by atomic mass is 32.2. The van der Waals surface area contributed by atoms with Crippen LogP contribution >= 0.6 is 11.8 Å². The van der Waals surface area contributed by atoms with E-state index in [1.165, 1.54) is 32.6 Å². The van der Waals surface area contributed by atoms with Gasteiger partial charge in [0, 0.05) is 37.6 Å². The second-order valence-electron chi connectivity index (χ2n) is 9.73. The van der Waals surface area contributed by atoms with E-state index in [0.717, 1.165) is 43.8 Å². The lowest BCUT2D eigenvalue weighted by Crippen LogP contribution is -2.44. The van der Waals surface area contributed by atoms with E-state index in [4.69, 9.17) is 4.74 Å². The largest absolute Gasteiger partial charge is 0.379 e. The number of amides is 2. The highest BCUT2D eigenvalue weighted by Crippen LogP contribution is 2.37. The minimum Gasteiger partial charge on any atom is -0.379 e. The zero-order valence-corrected chi connectivity index (χ0v) is 24.1. The van der Waals surface area contributed by atoms with Crippen molar-refractivity contribution in [2.75, 3.05) is 63.1 Å².